The Balaban J connectivity index is 2.07. The maximum absolute atomic E-state index is 6.05. The molecule has 0 unspecified atom stereocenters. The van der Waals surface area contributed by atoms with Gasteiger partial charge >= 0.3 is 0 Å². The lowest BCUT2D eigenvalue weighted by atomic mass is 10.4. The average molecular weight is 330 g/mol. The molecule has 88 valence electrons. The first-order valence-corrected chi connectivity index (χ1v) is 7.10. The van der Waals surface area contributed by atoms with Gasteiger partial charge in [-0.15, -0.1) is 11.8 Å². The maximum atomic E-state index is 6.05. The third kappa shape index (κ3) is 3.63. The Kier molecular flexibility index (Phi) is 4.31. The molecule has 1 aromatic carbocycles. The molecule has 17 heavy (non-hydrogen) atoms. The average Bonchev–Trinajstić information content (AvgIpc) is 2.32. The van der Waals surface area contributed by atoms with Gasteiger partial charge in [0, 0.05) is 15.1 Å². The molecule has 1 aromatic heterocycles. The van der Waals surface area contributed by atoms with Gasteiger partial charge in [-0.05, 0) is 36.4 Å². The minimum absolute atomic E-state index is 0.501. The van der Waals surface area contributed by atoms with Gasteiger partial charge in [0.05, 0.1) is 10.7 Å². The van der Waals surface area contributed by atoms with E-state index >= 15 is 0 Å². The molecule has 0 aliphatic heterocycles. The summed E-state index contributed by atoms with van der Waals surface area (Å²) in [5.74, 6) is 1.21. The molecule has 0 aliphatic rings. The van der Waals surface area contributed by atoms with E-state index in [1.807, 2.05) is 12.1 Å². The fraction of sp³-hybridized carbons (Fsp3) is 0.0833. The van der Waals surface area contributed by atoms with E-state index in [1.54, 1.807) is 23.9 Å². The predicted octanol–water partition coefficient (Wildman–Crippen LogP) is 4.37. The molecule has 0 atom stereocenters. The molecule has 0 bridgehead atoms. The van der Waals surface area contributed by atoms with Crippen LogP contribution in [-0.2, 0) is 5.75 Å². The SMILES string of the molecule is Nc1ccc(Cl)c(CSc2ccc(Br)cc2)n1. The van der Waals surface area contributed by atoms with Gasteiger partial charge in [0.1, 0.15) is 5.82 Å². The number of nitrogens with two attached hydrogens (primary N) is 1. The van der Waals surface area contributed by atoms with E-state index in [2.05, 4.69) is 33.0 Å². The van der Waals surface area contributed by atoms with Crippen molar-refractivity contribution in [1.82, 2.24) is 4.98 Å². The van der Waals surface area contributed by atoms with Crippen molar-refractivity contribution >= 4 is 45.1 Å². The molecule has 2 aromatic rings. The summed E-state index contributed by atoms with van der Waals surface area (Å²) >= 11 is 11.1. The Bertz CT molecular complexity index is 516. The van der Waals surface area contributed by atoms with Crippen molar-refractivity contribution in [2.24, 2.45) is 0 Å². The molecular weight excluding hydrogens is 320 g/mol. The van der Waals surface area contributed by atoms with Crippen molar-refractivity contribution < 1.29 is 0 Å². The first-order chi connectivity index (χ1) is 8.15. The topological polar surface area (TPSA) is 38.9 Å². The van der Waals surface area contributed by atoms with Crippen LogP contribution < -0.4 is 5.73 Å². The second-order valence-electron chi connectivity index (χ2n) is 3.41. The minimum Gasteiger partial charge on any atom is -0.384 e. The number of nitrogen functional groups attached to an aromatic ring is 1. The normalized spacial score (nSPS) is 10.5. The molecule has 0 fully saturated rings. The quantitative estimate of drug-likeness (QED) is 0.850. The van der Waals surface area contributed by atoms with E-state index in [0.717, 1.165) is 10.2 Å². The van der Waals surface area contributed by atoms with Crippen molar-refractivity contribution in [3.63, 3.8) is 0 Å². The molecule has 0 saturated heterocycles. The number of thioether (sulfide) groups is 1. The first-order valence-electron chi connectivity index (χ1n) is 4.94. The smallest absolute Gasteiger partial charge is 0.123 e. The number of rotatable bonds is 3. The van der Waals surface area contributed by atoms with Gasteiger partial charge in [-0.2, -0.15) is 0 Å². The molecule has 0 aliphatic carbocycles. The highest BCUT2D eigenvalue weighted by Crippen LogP contribution is 2.27. The Morgan fingerprint density at radius 2 is 1.88 bits per heavy atom. The third-order valence-electron chi connectivity index (χ3n) is 2.13. The minimum atomic E-state index is 0.501. The van der Waals surface area contributed by atoms with E-state index < -0.39 is 0 Å². The zero-order valence-electron chi connectivity index (χ0n) is 8.86. The number of hydrogen-bond acceptors (Lipinski definition) is 3. The molecule has 2 N–H and O–H groups in total. The molecule has 2 rings (SSSR count). The van der Waals surface area contributed by atoms with Gasteiger partial charge < -0.3 is 5.73 Å². The van der Waals surface area contributed by atoms with E-state index in [-0.39, 0.29) is 0 Å². The number of halogens is 2. The van der Waals surface area contributed by atoms with Crippen molar-refractivity contribution in [3.05, 3.63) is 51.6 Å². The maximum Gasteiger partial charge on any atom is 0.123 e. The third-order valence-corrected chi connectivity index (χ3v) is 4.03. The van der Waals surface area contributed by atoms with Gasteiger partial charge in [-0.1, -0.05) is 27.5 Å². The number of anilines is 1. The van der Waals surface area contributed by atoms with E-state index in [1.165, 1.54) is 4.90 Å². The summed E-state index contributed by atoms with van der Waals surface area (Å²) in [5.41, 5.74) is 6.45. The zero-order valence-corrected chi connectivity index (χ0v) is 12.0. The van der Waals surface area contributed by atoms with Crippen LogP contribution in [0.2, 0.25) is 5.02 Å². The zero-order chi connectivity index (χ0) is 12.3. The van der Waals surface area contributed by atoms with E-state index in [9.17, 15) is 0 Å². The highest BCUT2D eigenvalue weighted by atomic mass is 79.9. The lowest BCUT2D eigenvalue weighted by Gasteiger charge is -2.04. The summed E-state index contributed by atoms with van der Waals surface area (Å²) in [4.78, 5) is 5.40. The lowest BCUT2D eigenvalue weighted by Crippen LogP contribution is -1.94. The van der Waals surface area contributed by atoms with Gasteiger partial charge in [0.2, 0.25) is 0 Å². The molecule has 0 spiro atoms. The van der Waals surface area contributed by atoms with Gasteiger partial charge in [0.25, 0.3) is 0 Å². The van der Waals surface area contributed by atoms with Crippen LogP contribution in [-0.4, -0.2) is 4.98 Å². The van der Waals surface area contributed by atoms with Gasteiger partial charge in [-0.25, -0.2) is 4.98 Å². The van der Waals surface area contributed by atoms with Crippen LogP contribution in [0.1, 0.15) is 5.69 Å². The van der Waals surface area contributed by atoms with Crippen LogP contribution in [0, 0.1) is 0 Å². The van der Waals surface area contributed by atoms with Crippen molar-refractivity contribution in [2.75, 3.05) is 5.73 Å². The van der Waals surface area contributed by atoms with Crippen molar-refractivity contribution in [2.45, 2.75) is 10.6 Å². The molecule has 5 heteroatoms. The standard InChI is InChI=1S/C12H10BrClN2S/c13-8-1-3-9(4-2-8)17-7-11-10(14)5-6-12(15)16-11/h1-6H,7H2,(H2,15,16). The largest absolute Gasteiger partial charge is 0.384 e. The summed E-state index contributed by atoms with van der Waals surface area (Å²) in [7, 11) is 0. The summed E-state index contributed by atoms with van der Waals surface area (Å²) in [6.45, 7) is 0. The number of aromatic nitrogens is 1. The van der Waals surface area contributed by atoms with Gasteiger partial charge in [0.15, 0.2) is 0 Å². The Morgan fingerprint density at radius 3 is 2.59 bits per heavy atom. The van der Waals surface area contributed by atoms with E-state index in [0.29, 0.717) is 16.6 Å². The second kappa shape index (κ2) is 5.76. The molecular formula is C12H10BrClN2S. The van der Waals surface area contributed by atoms with E-state index in [4.69, 9.17) is 17.3 Å². The molecule has 1 heterocycles. The highest BCUT2D eigenvalue weighted by molar-refractivity contribution is 9.10. The van der Waals surface area contributed by atoms with Crippen LogP contribution in [0.25, 0.3) is 0 Å². The first kappa shape index (κ1) is 12.7. The van der Waals surface area contributed by atoms with Crippen LogP contribution in [0.15, 0.2) is 45.8 Å². The number of benzene rings is 1. The van der Waals surface area contributed by atoms with Crippen LogP contribution in [0.3, 0.4) is 0 Å². The molecule has 0 amide bonds. The number of pyridine rings is 1. The monoisotopic (exact) mass is 328 g/mol. The van der Waals surface area contributed by atoms with Crippen molar-refractivity contribution in [3.8, 4) is 0 Å². The van der Waals surface area contributed by atoms with Crippen LogP contribution in [0.4, 0.5) is 5.82 Å². The Morgan fingerprint density at radius 1 is 1.18 bits per heavy atom. The summed E-state index contributed by atoms with van der Waals surface area (Å²) < 4.78 is 1.07. The van der Waals surface area contributed by atoms with Crippen molar-refractivity contribution in [1.29, 1.82) is 0 Å². The fourth-order valence-corrected chi connectivity index (χ4v) is 2.65. The summed E-state index contributed by atoms with van der Waals surface area (Å²) in [6, 6.07) is 11.6. The Hall–Kier alpha value is -0.710. The number of hydrogen-bond donors (Lipinski definition) is 1. The summed E-state index contributed by atoms with van der Waals surface area (Å²) in [5, 5.41) is 0.656. The fourth-order valence-electron chi connectivity index (χ4n) is 1.28. The highest BCUT2D eigenvalue weighted by Gasteiger charge is 2.03. The van der Waals surface area contributed by atoms with Gasteiger partial charge in [-0.3, -0.25) is 0 Å². The number of nitrogens with zero attached hydrogens (tertiary/aromatic N) is 1. The molecule has 0 saturated carbocycles. The summed E-state index contributed by atoms with van der Waals surface area (Å²) in [6.07, 6.45) is 0. The second-order valence-corrected chi connectivity index (χ2v) is 5.78. The molecule has 2 nitrogen and oxygen atoms in total. The molecule has 0 radical (unpaired) electrons. The van der Waals surface area contributed by atoms with Crippen LogP contribution >= 0.6 is 39.3 Å². The lowest BCUT2D eigenvalue weighted by molar-refractivity contribution is 1.18. The Labute approximate surface area is 118 Å². The predicted molar refractivity (Wildman–Crippen MR) is 77.4 cm³/mol. The van der Waals surface area contributed by atoms with Crippen LogP contribution in [0.5, 0.6) is 0 Å².